The minimum absolute atomic E-state index is 0.231. The third kappa shape index (κ3) is 3.40. The van der Waals surface area contributed by atoms with Crippen LogP contribution in [0.1, 0.15) is 24.0 Å². The van der Waals surface area contributed by atoms with Gasteiger partial charge in [-0.1, -0.05) is 12.1 Å². The number of benzene rings is 2. The number of piperazine rings is 1. The number of hydrogen-bond acceptors (Lipinski definition) is 6. The minimum Gasteiger partial charge on any atom is -0.493 e. The molecular formula is C22H26N2O4. The maximum Gasteiger partial charge on any atom is 0.319 e. The predicted molar refractivity (Wildman–Crippen MR) is 108 cm³/mol. The van der Waals surface area contributed by atoms with Gasteiger partial charge < -0.3 is 24.4 Å². The maximum absolute atomic E-state index is 12.7. The van der Waals surface area contributed by atoms with Crippen molar-refractivity contribution in [2.24, 2.45) is 0 Å². The molecule has 148 valence electrons. The van der Waals surface area contributed by atoms with E-state index in [0.29, 0.717) is 29.7 Å². The van der Waals surface area contributed by atoms with E-state index in [1.165, 1.54) is 0 Å². The van der Waals surface area contributed by atoms with Gasteiger partial charge in [-0.3, -0.25) is 4.79 Å². The Bertz CT molecular complexity index is 883. The smallest absolute Gasteiger partial charge is 0.319 e. The van der Waals surface area contributed by atoms with Gasteiger partial charge >= 0.3 is 5.97 Å². The van der Waals surface area contributed by atoms with Crippen LogP contribution >= 0.6 is 0 Å². The molecule has 0 radical (unpaired) electrons. The average Bonchev–Trinajstić information content (AvgIpc) is 2.72. The summed E-state index contributed by atoms with van der Waals surface area (Å²) in [6.45, 7) is 5.01. The van der Waals surface area contributed by atoms with Crippen LogP contribution < -0.4 is 24.4 Å². The van der Waals surface area contributed by atoms with Gasteiger partial charge in [0.05, 0.1) is 20.1 Å². The summed E-state index contributed by atoms with van der Waals surface area (Å²) in [7, 11) is 3.20. The van der Waals surface area contributed by atoms with Crippen LogP contribution in [0.4, 0.5) is 5.69 Å². The molecule has 28 heavy (non-hydrogen) atoms. The fourth-order valence-electron chi connectivity index (χ4n) is 4.09. The van der Waals surface area contributed by atoms with Gasteiger partial charge in [0.25, 0.3) is 0 Å². The molecule has 0 spiro atoms. The first-order chi connectivity index (χ1) is 13.6. The predicted octanol–water partition coefficient (Wildman–Crippen LogP) is 2.75. The lowest BCUT2D eigenvalue weighted by molar-refractivity contribution is -0.137. The Balaban J connectivity index is 1.68. The zero-order valence-corrected chi connectivity index (χ0v) is 16.5. The summed E-state index contributed by atoms with van der Waals surface area (Å²) in [4.78, 5) is 15.1. The van der Waals surface area contributed by atoms with Gasteiger partial charge in [0.1, 0.15) is 5.75 Å². The molecule has 2 aliphatic rings. The Hall–Kier alpha value is -2.73. The highest BCUT2D eigenvalue weighted by molar-refractivity contribution is 5.85. The first-order valence-corrected chi connectivity index (χ1v) is 9.64. The molecule has 1 fully saturated rings. The summed E-state index contributed by atoms with van der Waals surface area (Å²) in [6, 6.07) is 12.0. The van der Waals surface area contributed by atoms with Crippen LogP contribution in [0.15, 0.2) is 36.4 Å². The van der Waals surface area contributed by atoms with Crippen molar-refractivity contribution in [3.8, 4) is 17.2 Å². The highest BCUT2D eigenvalue weighted by Gasteiger charge is 2.33. The molecule has 1 saturated heterocycles. The van der Waals surface area contributed by atoms with Gasteiger partial charge in [-0.25, -0.2) is 0 Å². The average molecular weight is 382 g/mol. The van der Waals surface area contributed by atoms with Crippen LogP contribution in [-0.2, 0) is 11.2 Å². The van der Waals surface area contributed by atoms with Crippen LogP contribution in [0, 0.1) is 0 Å². The lowest BCUT2D eigenvalue weighted by Crippen LogP contribution is -2.49. The summed E-state index contributed by atoms with van der Waals surface area (Å²) >= 11 is 0. The van der Waals surface area contributed by atoms with Crippen molar-refractivity contribution in [2.75, 3.05) is 38.8 Å². The van der Waals surface area contributed by atoms with Crippen molar-refractivity contribution in [2.45, 2.75) is 25.3 Å². The highest BCUT2D eigenvalue weighted by Crippen LogP contribution is 2.40. The van der Waals surface area contributed by atoms with Crippen LogP contribution in [0.25, 0.3) is 0 Å². The minimum atomic E-state index is -0.367. The van der Waals surface area contributed by atoms with Crippen molar-refractivity contribution < 1.29 is 19.0 Å². The van der Waals surface area contributed by atoms with E-state index in [1.54, 1.807) is 14.2 Å². The van der Waals surface area contributed by atoms with Crippen LogP contribution in [-0.4, -0.2) is 45.9 Å². The molecule has 0 aliphatic carbocycles. The zero-order chi connectivity index (χ0) is 19.7. The van der Waals surface area contributed by atoms with Gasteiger partial charge in [0, 0.05) is 36.9 Å². The molecule has 2 atom stereocenters. The number of methoxy groups -OCH3 is 2. The van der Waals surface area contributed by atoms with E-state index < -0.39 is 0 Å². The van der Waals surface area contributed by atoms with Gasteiger partial charge in [0.15, 0.2) is 11.5 Å². The molecule has 1 unspecified atom stereocenters. The van der Waals surface area contributed by atoms with E-state index in [4.69, 9.17) is 14.2 Å². The second-order valence-corrected chi connectivity index (χ2v) is 7.35. The molecule has 2 aromatic rings. The van der Waals surface area contributed by atoms with Crippen molar-refractivity contribution in [3.05, 3.63) is 47.5 Å². The first-order valence-electron chi connectivity index (χ1n) is 9.64. The van der Waals surface area contributed by atoms with Crippen LogP contribution in [0.2, 0.25) is 0 Å². The quantitative estimate of drug-likeness (QED) is 0.648. The van der Waals surface area contributed by atoms with E-state index in [0.717, 1.165) is 36.4 Å². The Labute approximate surface area is 165 Å². The Kier molecular flexibility index (Phi) is 5.13. The summed E-state index contributed by atoms with van der Waals surface area (Å²) in [5.74, 6) is 1.33. The van der Waals surface area contributed by atoms with E-state index in [-0.39, 0.29) is 11.9 Å². The van der Waals surface area contributed by atoms with Crippen molar-refractivity contribution >= 4 is 11.7 Å². The number of hydrogen-bond donors (Lipinski definition) is 1. The fourth-order valence-corrected chi connectivity index (χ4v) is 4.09. The monoisotopic (exact) mass is 382 g/mol. The number of nitrogens with one attached hydrogen (secondary N) is 1. The standard InChI is InChI=1S/C22H26N2O4/c1-14-13-24(10-9-23-14)18-5-4-6-19-17(18)12-16(22(25)28-19)15-7-8-20(26-2)21(11-15)27-3/h4-8,11,14,16,23H,9-10,12-13H2,1-3H3/t14-,16?/m1/s1. The van der Waals surface area contributed by atoms with Gasteiger partial charge in [0.2, 0.25) is 0 Å². The third-order valence-corrected chi connectivity index (χ3v) is 5.53. The largest absolute Gasteiger partial charge is 0.493 e. The Morgan fingerprint density at radius 2 is 1.96 bits per heavy atom. The summed E-state index contributed by atoms with van der Waals surface area (Å²) in [5.41, 5.74) is 3.12. The number of ether oxygens (including phenoxy) is 3. The number of esters is 1. The number of fused-ring (bicyclic) bond motifs is 1. The van der Waals surface area contributed by atoms with E-state index in [9.17, 15) is 4.79 Å². The lowest BCUT2D eigenvalue weighted by atomic mass is 9.88. The van der Waals surface area contributed by atoms with E-state index in [1.807, 2.05) is 30.3 Å². The molecule has 2 heterocycles. The molecular weight excluding hydrogens is 356 g/mol. The molecule has 4 rings (SSSR count). The highest BCUT2D eigenvalue weighted by atomic mass is 16.5. The number of nitrogens with zero attached hydrogens (tertiary/aromatic N) is 1. The van der Waals surface area contributed by atoms with E-state index in [2.05, 4.69) is 23.2 Å². The molecule has 6 heteroatoms. The molecule has 0 amide bonds. The topological polar surface area (TPSA) is 60.0 Å². The zero-order valence-electron chi connectivity index (χ0n) is 16.5. The van der Waals surface area contributed by atoms with E-state index >= 15 is 0 Å². The third-order valence-electron chi connectivity index (χ3n) is 5.53. The van der Waals surface area contributed by atoms with Crippen molar-refractivity contribution in [3.63, 3.8) is 0 Å². The van der Waals surface area contributed by atoms with Crippen molar-refractivity contribution in [1.82, 2.24) is 5.32 Å². The number of anilines is 1. The SMILES string of the molecule is COc1ccc(C2Cc3c(cccc3N3CCN[C@H](C)C3)OC2=O)cc1OC. The fraction of sp³-hybridized carbons (Fsp3) is 0.409. The van der Waals surface area contributed by atoms with Gasteiger partial charge in [-0.15, -0.1) is 0 Å². The second kappa shape index (κ2) is 7.72. The van der Waals surface area contributed by atoms with Gasteiger partial charge in [-0.05, 0) is 43.2 Å². The molecule has 0 aromatic heterocycles. The van der Waals surface area contributed by atoms with Gasteiger partial charge in [-0.2, -0.15) is 0 Å². The van der Waals surface area contributed by atoms with Crippen LogP contribution in [0.3, 0.4) is 0 Å². The summed E-state index contributed by atoms with van der Waals surface area (Å²) < 4.78 is 16.5. The van der Waals surface area contributed by atoms with Crippen molar-refractivity contribution in [1.29, 1.82) is 0 Å². The summed E-state index contributed by atoms with van der Waals surface area (Å²) in [5, 5.41) is 3.47. The molecule has 2 aliphatic heterocycles. The molecule has 0 saturated carbocycles. The number of carbonyl (C=O) groups is 1. The lowest BCUT2D eigenvalue weighted by Gasteiger charge is -2.36. The molecule has 1 N–H and O–H groups in total. The van der Waals surface area contributed by atoms with Crippen LogP contribution in [0.5, 0.6) is 17.2 Å². The molecule has 6 nitrogen and oxygen atoms in total. The first kappa shape index (κ1) is 18.6. The summed E-state index contributed by atoms with van der Waals surface area (Å²) in [6.07, 6.45) is 0.609. The molecule has 0 bridgehead atoms. The second-order valence-electron chi connectivity index (χ2n) is 7.35. The Morgan fingerprint density at radius 3 is 2.71 bits per heavy atom. The Morgan fingerprint density at radius 1 is 1.14 bits per heavy atom. The maximum atomic E-state index is 12.7. The normalized spacial score (nSPS) is 21.7. The number of rotatable bonds is 4. The molecule has 2 aromatic carbocycles. The number of carbonyl (C=O) groups excluding carboxylic acids is 1.